The Morgan fingerprint density at radius 2 is 2.28 bits per heavy atom. The molecule has 1 N–H and O–H groups in total. The summed E-state index contributed by atoms with van der Waals surface area (Å²) >= 11 is 1.78. The molecule has 2 heterocycles. The van der Waals surface area contributed by atoms with Gasteiger partial charge in [-0.05, 0) is 41.8 Å². The third kappa shape index (κ3) is 3.00. The largest absolute Gasteiger partial charge is 0.338 e. The van der Waals surface area contributed by atoms with Gasteiger partial charge in [0, 0.05) is 31.9 Å². The van der Waals surface area contributed by atoms with Gasteiger partial charge in [-0.15, -0.1) is 0 Å². The minimum Gasteiger partial charge on any atom is -0.338 e. The second-order valence-electron chi connectivity index (χ2n) is 4.68. The SMILES string of the molecule is CCCNC(Cc1nccn1C)c1cscc1C. The highest BCUT2D eigenvalue weighted by atomic mass is 32.1. The zero-order valence-electron chi connectivity index (χ0n) is 11.3. The van der Waals surface area contributed by atoms with Crippen LogP contribution < -0.4 is 5.32 Å². The Hall–Kier alpha value is -1.13. The lowest BCUT2D eigenvalue weighted by Gasteiger charge is -2.18. The molecule has 1 atom stereocenters. The molecule has 0 aromatic carbocycles. The highest BCUT2D eigenvalue weighted by Crippen LogP contribution is 2.24. The first-order chi connectivity index (χ1) is 8.72. The maximum atomic E-state index is 4.43. The average molecular weight is 263 g/mol. The molecule has 0 bridgehead atoms. The number of aryl methyl sites for hydroxylation is 2. The van der Waals surface area contributed by atoms with Crippen LogP contribution in [0.4, 0.5) is 0 Å². The van der Waals surface area contributed by atoms with Gasteiger partial charge in [0.05, 0.1) is 0 Å². The third-order valence-corrected chi connectivity index (χ3v) is 4.10. The summed E-state index contributed by atoms with van der Waals surface area (Å²) in [7, 11) is 2.06. The number of thiophene rings is 1. The van der Waals surface area contributed by atoms with E-state index in [2.05, 4.69) is 46.5 Å². The minimum atomic E-state index is 0.373. The van der Waals surface area contributed by atoms with Crippen molar-refractivity contribution in [3.63, 3.8) is 0 Å². The van der Waals surface area contributed by atoms with Gasteiger partial charge in [0.15, 0.2) is 0 Å². The topological polar surface area (TPSA) is 29.9 Å². The summed E-state index contributed by atoms with van der Waals surface area (Å²) in [5.74, 6) is 1.13. The Morgan fingerprint density at radius 1 is 1.44 bits per heavy atom. The Kier molecular flexibility index (Phi) is 4.55. The van der Waals surface area contributed by atoms with Crippen LogP contribution in [0.2, 0.25) is 0 Å². The fourth-order valence-corrected chi connectivity index (χ4v) is 3.02. The smallest absolute Gasteiger partial charge is 0.110 e. The van der Waals surface area contributed by atoms with E-state index in [-0.39, 0.29) is 0 Å². The van der Waals surface area contributed by atoms with E-state index in [9.17, 15) is 0 Å². The summed E-state index contributed by atoms with van der Waals surface area (Å²) < 4.78 is 2.10. The molecular weight excluding hydrogens is 242 g/mol. The van der Waals surface area contributed by atoms with Gasteiger partial charge in [0.1, 0.15) is 5.82 Å². The molecule has 18 heavy (non-hydrogen) atoms. The second kappa shape index (κ2) is 6.16. The maximum Gasteiger partial charge on any atom is 0.110 e. The molecule has 0 radical (unpaired) electrons. The van der Waals surface area contributed by atoms with Crippen molar-refractivity contribution in [2.24, 2.45) is 7.05 Å². The van der Waals surface area contributed by atoms with Gasteiger partial charge < -0.3 is 9.88 Å². The molecule has 0 saturated carbocycles. The fraction of sp³-hybridized carbons (Fsp3) is 0.500. The van der Waals surface area contributed by atoms with Crippen molar-refractivity contribution in [2.75, 3.05) is 6.54 Å². The number of nitrogens with zero attached hydrogens (tertiary/aromatic N) is 2. The molecule has 0 saturated heterocycles. The molecule has 0 aliphatic rings. The van der Waals surface area contributed by atoms with Gasteiger partial charge in [-0.1, -0.05) is 6.92 Å². The van der Waals surface area contributed by atoms with Crippen LogP contribution in [-0.2, 0) is 13.5 Å². The lowest BCUT2D eigenvalue weighted by Crippen LogP contribution is -2.25. The van der Waals surface area contributed by atoms with Crippen molar-refractivity contribution in [2.45, 2.75) is 32.7 Å². The summed E-state index contributed by atoms with van der Waals surface area (Å²) in [5.41, 5.74) is 2.79. The van der Waals surface area contributed by atoms with Crippen LogP contribution in [0.3, 0.4) is 0 Å². The minimum absolute atomic E-state index is 0.373. The summed E-state index contributed by atoms with van der Waals surface area (Å²) in [6.07, 6.45) is 5.97. The normalized spacial score (nSPS) is 12.8. The molecule has 2 aromatic rings. The number of imidazole rings is 1. The average Bonchev–Trinajstić information content (AvgIpc) is 2.94. The molecule has 2 rings (SSSR count). The van der Waals surface area contributed by atoms with E-state index in [1.54, 1.807) is 11.3 Å². The molecule has 0 amide bonds. The highest BCUT2D eigenvalue weighted by Gasteiger charge is 2.16. The number of nitrogens with one attached hydrogen (secondary N) is 1. The fourth-order valence-electron chi connectivity index (χ4n) is 2.11. The quantitative estimate of drug-likeness (QED) is 0.868. The van der Waals surface area contributed by atoms with E-state index in [1.165, 1.54) is 11.1 Å². The molecule has 2 aromatic heterocycles. The Balaban J connectivity index is 2.15. The molecule has 1 unspecified atom stereocenters. The van der Waals surface area contributed by atoms with Crippen LogP contribution in [0.1, 0.15) is 36.3 Å². The molecule has 0 spiro atoms. The molecule has 0 aliphatic carbocycles. The Morgan fingerprint density at radius 3 is 2.83 bits per heavy atom. The van der Waals surface area contributed by atoms with Crippen molar-refractivity contribution < 1.29 is 0 Å². The van der Waals surface area contributed by atoms with Crippen LogP contribution in [0, 0.1) is 6.92 Å². The van der Waals surface area contributed by atoms with Gasteiger partial charge >= 0.3 is 0 Å². The van der Waals surface area contributed by atoms with Gasteiger partial charge in [-0.2, -0.15) is 11.3 Å². The Bertz CT molecular complexity index is 487. The number of hydrogen-bond donors (Lipinski definition) is 1. The lowest BCUT2D eigenvalue weighted by molar-refractivity contribution is 0.511. The van der Waals surface area contributed by atoms with E-state index in [0.717, 1.165) is 25.2 Å². The molecular formula is C14H21N3S. The van der Waals surface area contributed by atoms with Crippen molar-refractivity contribution >= 4 is 11.3 Å². The highest BCUT2D eigenvalue weighted by molar-refractivity contribution is 7.08. The van der Waals surface area contributed by atoms with Crippen LogP contribution in [-0.4, -0.2) is 16.1 Å². The van der Waals surface area contributed by atoms with E-state index in [4.69, 9.17) is 0 Å². The monoisotopic (exact) mass is 263 g/mol. The van der Waals surface area contributed by atoms with Crippen LogP contribution in [0.25, 0.3) is 0 Å². The lowest BCUT2D eigenvalue weighted by atomic mass is 10.0. The summed E-state index contributed by atoms with van der Waals surface area (Å²) in [6, 6.07) is 0.373. The maximum absolute atomic E-state index is 4.43. The third-order valence-electron chi connectivity index (χ3n) is 3.22. The van der Waals surface area contributed by atoms with Gasteiger partial charge in [-0.3, -0.25) is 0 Å². The first-order valence-electron chi connectivity index (χ1n) is 6.44. The molecule has 0 fully saturated rings. The first-order valence-corrected chi connectivity index (χ1v) is 7.39. The van der Waals surface area contributed by atoms with E-state index in [0.29, 0.717) is 6.04 Å². The van der Waals surface area contributed by atoms with E-state index >= 15 is 0 Å². The molecule has 98 valence electrons. The molecule has 4 heteroatoms. The van der Waals surface area contributed by atoms with E-state index in [1.807, 2.05) is 12.4 Å². The van der Waals surface area contributed by atoms with Crippen LogP contribution in [0.5, 0.6) is 0 Å². The second-order valence-corrected chi connectivity index (χ2v) is 5.42. The van der Waals surface area contributed by atoms with Crippen molar-refractivity contribution in [1.29, 1.82) is 0 Å². The van der Waals surface area contributed by atoms with Gasteiger partial charge in [0.25, 0.3) is 0 Å². The number of hydrogen-bond acceptors (Lipinski definition) is 3. The van der Waals surface area contributed by atoms with Gasteiger partial charge in [0.2, 0.25) is 0 Å². The van der Waals surface area contributed by atoms with Gasteiger partial charge in [-0.25, -0.2) is 4.98 Å². The summed E-state index contributed by atoms with van der Waals surface area (Å²) in [5, 5.41) is 8.10. The predicted octanol–water partition coefficient (Wildman–Crippen LogP) is 3.07. The number of aromatic nitrogens is 2. The van der Waals surface area contributed by atoms with Crippen LogP contribution >= 0.6 is 11.3 Å². The summed E-state index contributed by atoms with van der Waals surface area (Å²) in [4.78, 5) is 4.43. The zero-order chi connectivity index (χ0) is 13.0. The molecule has 3 nitrogen and oxygen atoms in total. The van der Waals surface area contributed by atoms with Crippen molar-refractivity contribution in [3.05, 3.63) is 40.1 Å². The predicted molar refractivity (Wildman–Crippen MR) is 77.0 cm³/mol. The standard InChI is InChI=1S/C14H21N3S/c1-4-5-15-13(12-10-18-9-11(12)2)8-14-16-6-7-17(14)3/h6-7,9-10,13,15H,4-5,8H2,1-3H3. The Labute approximate surface area is 113 Å². The first kappa shape index (κ1) is 13.3. The van der Waals surface area contributed by atoms with Crippen LogP contribution in [0.15, 0.2) is 23.2 Å². The summed E-state index contributed by atoms with van der Waals surface area (Å²) in [6.45, 7) is 5.43. The van der Waals surface area contributed by atoms with E-state index < -0.39 is 0 Å². The number of rotatable bonds is 6. The molecule has 0 aliphatic heterocycles. The van der Waals surface area contributed by atoms with Crippen molar-refractivity contribution in [3.8, 4) is 0 Å². The zero-order valence-corrected chi connectivity index (χ0v) is 12.1. The van der Waals surface area contributed by atoms with Crippen molar-refractivity contribution in [1.82, 2.24) is 14.9 Å².